The summed E-state index contributed by atoms with van der Waals surface area (Å²) >= 11 is 1.24. The number of hydrogen-bond acceptors (Lipinski definition) is 4. The summed E-state index contributed by atoms with van der Waals surface area (Å²) in [6, 6.07) is 6.66. The quantitative estimate of drug-likeness (QED) is 0.635. The van der Waals surface area contributed by atoms with Crippen LogP contribution in [0.3, 0.4) is 0 Å². The number of carboxylic acid groups (broad SMARTS) is 1. The van der Waals surface area contributed by atoms with Gasteiger partial charge in [0.2, 0.25) is 0 Å². The van der Waals surface area contributed by atoms with Crippen LogP contribution < -0.4 is 0 Å². The Bertz CT molecular complexity index is 431. The van der Waals surface area contributed by atoms with Crippen LogP contribution in [0.5, 0.6) is 0 Å². The third-order valence-corrected chi connectivity index (χ3v) is 3.73. The minimum Gasteiger partial charge on any atom is -0.478 e. The Hall–Kier alpha value is -1.49. The van der Waals surface area contributed by atoms with Crippen molar-refractivity contribution in [1.82, 2.24) is 0 Å². The van der Waals surface area contributed by atoms with Crippen LogP contribution in [-0.2, 0) is 9.53 Å². The molecule has 0 aliphatic heterocycles. The summed E-state index contributed by atoms with van der Waals surface area (Å²) in [4.78, 5) is 23.3. The second kappa shape index (κ2) is 7.06. The maximum Gasteiger partial charge on any atom is 0.336 e. The molecule has 0 saturated heterocycles. The number of carbonyl (C=O) groups is 2. The molecule has 0 heterocycles. The molecule has 0 aliphatic rings. The number of carbonyl (C=O) groups excluding carboxylic acids is 1. The number of carboxylic acids is 1. The van der Waals surface area contributed by atoms with E-state index >= 15 is 0 Å². The molecule has 0 amide bonds. The number of esters is 1. The lowest BCUT2D eigenvalue weighted by molar-refractivity contribution is -0.142. The smallest absolute Gasteiger partial charge is 0.336 e. The van der Waals surface area contributed by atoms with Gasteiger partial charge in [0, 0.05) is 4.90 Å². The van der Waals surface area contributed by atoms with E-state index in [0.29, 0.717) is 17.9 Å². The summed E-state index contributed by atoms with van der Waals surface area (Å²) in [5, 5.41) is 8.69. The van der Waals surface area contributed by atoms with E-state index in [4.69, 9.17) is 9.84 Å². The largest absolute Gasteiger partial charge is 0.478 e. The van der Waals surface area contributed by atoms with Gasteiger partial charge in [-0.1, -0.05) is 19.1 Å². The summed E-state index contributed by atoms with van der Waals surface area (Å²) in [6.45, 7) is 3.95. The Morgan fingerprint density at radius 1 is 1.33 bits per heavy atom. The SMILES string of the molecule is CCOC(=O)C(CC)Sc1ccccc1C(=O)O. The predicted octanol–water partition coefficient (Wildman–Crippen LogP) is 2.82. The molecule has 0 saturated carbocycles. The van der Waals surface area contributed by atoms with Crippen molar-refractivity contribution in [1.29, 1.82) is 0 Å². The van der Waals surface area contributed by atoms with Gasteiger partial charge in [-0.3, -0.25) is 4.79 Å². The molecule has 1 aromatic rings. The highest BCUT2D eigenvalue weighted by atomic mass is 32.2. The summed E-state index contributed by atoms with van der Waals surface area (Å²) < 4.78 is 4.96. The topological polar surface area (TPSA) is 63.6 Å². The Morgan fingerprint density at radius 3 is 2.56 bits per heavy atom. The van der Waals surface area contributed by atoms with Gasteiger partial charge in [0.05, 0.1) is 12.2 Å². The molecule has 0 fully saturated rings. The fourth-order valence-electron chi connectivity index (χ4n) is 1.43. The number of aromatic carboxylic acids is 1. The summed E-state index contributed by atoms with van der Waals surface area (Å²) in [5.41, 5.74) is 0.213. The fourth-order valence-corrected chi connectivity index (χ4v) is 2.51. The van der Waals surface area contributed by atoms with Crippen molar-refractivity contribution in [2.24, 2.45) is 0 Å². The Morgan fingerprint density at radius 2 is 2.00 bits per heavy atom. The van der Waals surface area contributed by atoms with Gasteiger partial charge in [0.15, 0.2) is 0 Å². The van der Waals surface area contributed by atoms with Crippen LogP contribution in [0.15, 0.2) is 29.2 Å². The van der Waals surface area contributed by atoms with Crippen molar-refractivity contribution in [3.05, 3.63) is 29.8 Å². The summed E-state index contributed by atoms with van der Waals surface area (Å²) in [5.74, 6) is -1.29. The Labute approximate surface area is 110 Å². The second-order valence-electron chi connectivity index (χ2n) is 3.57. The molecule has 0 radical (unpaired) electrons. The van der Waals surface area contributed by atoms with Crippen LogP contribution in [0.25, 0.3) is 0 Å². The molecule has 98 valence electrons. The van der Waals surface area contributed by atoms with Crippen LogP contribution >= 0.6 is 11.8 Å². The van der Waals surface area contributed by atoms with Gasteiger partial charge in [-0.25, -0.2) is 4.79 Å². The van der Waals surface area contributed by atoms with E-state index in [0.717, 1.165) is 0 Å². The van der Waals surface area contributed by atoms with Gasteiger partial charge in [0.25, 0.3) is 0 Å². The highest BCUT2D eigenvalue weighted by Crippen LogP contribution is 2.29. The van der Waals surface area contributed by atoms with Crippen molar-refractivity contribution >= 4 is 23.7 Å². The van der Waals surface area contributed by atoms with Crippen LogP contribution in [0, 0.1) is 0 Å². The first-order chi connectivity index (χ1) is 8.60. The molecule has 0 bridgehead atoms. The minimum atomic E-state index is -0.989. The molecule has 1 N–H and O–H groups in total. The molecule has 1 aromatic carbocycles. The molecule has 1 unspecified atom stereocenters. The molecule has 0 spiro atoms. The minimum absolute atomic E-state index is 0.213. The van der Waals surface area contributed by atoms with Crippen LogP contribution in [0.2, 0.25) is 0 Å². The predicted molar refractivity (Wildman–Crippen MR) is 70.0 cm³/mol. The van der Waals surface area contributed by atoms with Crippen LogP contribution in [0.1, 0.15) is 30.6 Å². The number of ether oxygens (including phenoxy) is 1. The molecule has 1 atom stereocenters. The summed E-state index contributed by atoms with van der Waals surface area (Å²) in [7, 11) is 0. The molecule has 0 aromatic heterocycles. The van der Waals surface area contributed by atoms with Crippen molar-refractivity contribution < 1.29 is 19.4 Å². The van der Waals surface area contributed by atoms with E-state index in [1.165, 1.54) is 17.8 Å². The van der Waals surface area contributed by atoms with Gasteiger partial charge < -0.3 is 9.84 Å². The van der Waals surface area contributed by atoms with Gasteiger partial charge in [-0.15, -0.1) is 11.8 Å². The van der Waals surface area contributed by atoms with Gasteiger partial charge in [-0.05, 0) is 25.5 Å². The highest BCUT2D eigenvalue weighted by Gasteiger charge is 2.21. The maximum atomic E-state index is 11.7. The average Bonchev–Trinajstić information content (AvgIpc) is 2.36. The molecule has 4 nitrogen and oxygen atoms in total. The van der Waals surface area contributed by atoms with Crippen molar-refractivity contribution in [3.8, 4) is 0 Å². The van der Waals surface area contributed by atoms with E-state index in [1.807, 2.05) is 6.92 Å². The van der Waals surface area contributed by atoms with E-state index in [-0.39, 0.29) is 16.8 Å². The molecule has 1 rings (SSSR count). The van der Waals surface area contributed by atoms with Crippen LogP contribution in [-0.4, -0.2) is 28.9 Å². The maximum absolute atomic E-state index is 11.7. The zero-order chi connectivity index (χ0) is 13.5. The zero-order valence-corrected chi connectivity index (χ0v) is 11.2. The van der Waals surface area contributed by atoms with E-state index in [2.05, 4.69) is 0 Å². The highest BCUT2D eigenvalue weighted by molar-refractivity contribution is 8.00. The molecular weight excluding hydrogens is 252 g/mol. The number of hydrogen-bond donors (Lipinski definition) is 1. The van der Waals surface area contributed by atoms with Crippen LogP contribution in [0.4, 0.5) is 0 Å². The number of rotatable bonds is 6. The number of thioether (sulfide) groups is 1. The van der Waals surface area contributed by atoms with Gasteiger partial charge in [0.1, 0.15) is 5.25 Å². The van der Waals surface area contributed by atoms with Gasteiger partial charge >= 0.3 is 11.9 Å². The third kappa shape index (κ3) is 3.77. The average molecular weight is 268 g/mol. The summed E-state index contributed by atoms with van der Waals surface area (Å²) in [6.07, 6.45) is 0.595. The standard InChI is InChI=1S/C13H16O4S/c1-3-10(13(16)17-4-2)18-11-8-6-5-7-9(11)12(14)15/h5-8,10H,3-4H2,1-2H3,(H,14,15). The van der Waals surface area contributed by atoms with Crippen molar-refractivity contribution in [3.63, 3.8) is 0 Å². The monoisotopic (exact) mass is 268 g/mol. The second-order valence-corrected chi connectivity index (χ2v) is 4.81. The fraction of sp³-hybridized carbons (Fsp3) is 0.385. The lowest BCUT2D eigenvalue weighted by Gasteiger charge is -2.14. The van der Waals surface area contributed by atoms with E-state index < -0.39 is 5.97 Å². The molecule has 18 heavy (non-hydrogen) atoms. The molecule has 0 aliphatic carbocycles. The van der Waals surface area contributed by atoms with Crippen molar-refractivity contribution in [2.45, 2.75) is 30.4 Å². The molecule has 5 heteroatoms. The van der Waals surface area contributed by atoms with Gasteiger partial charge in [-0.2, -0.15) is 0 Å². The zero-order valence-electron chi connectivity index (χ0n) is 10.4. The molecular formula is C13H16O4S. The lowest BCUT2D eigenvalue weighted by atomic mass is 10.2. The van der Waals surface area contributed by atoms with Crippen molar-refractivity contribution in [2.75, 3.05) is 6.61 Å². The first-order valence-corrected chi connectivity index (χ1v) is 6.63. The number of benzene rings is 1. The van der Waals surface area contributed by atoms with E-state index in [9.17, 15) is 9.59 Å². The Balaban J connectivity index is 2.88. The van der Waals surface area contributed by atoms with E-state index in [1.54, 1.807) is 25.1 Å². The lowest BCUT2D eigenvalue weighted by Crippen LogP contribution is -2.19. The third-order valence-electron chi connectivity index (χ3n) is 2.31. The first kappa shape index (κ1) is 14.6. The normalized spacial score (nSPS) is 11.9. The first-order valence-electron chi connectivity index (χ1n) is 5.75. The Kier molecular flexibility index (Phi) is 5.71.